The maximum absolute atomic E-state index is 11.9. The molecule has 142 valence electrons. The summed E-state index contributed by atoms with van der Waals surface area (Å²) in [5.41, 5.74) is 2.57. The lowest BCUT2D eigenvalue weighted by Crippen LogP contribution is -2.25. The van der Waals surface area contributed by atoms with Crippen LogP contribution < -0.4 is 10.1 Å². The molecule has 0 fully saturated rings. The molecule has 0 atom stereocenters. The lowest BCUT2D eigenvalue weighted by Gasteiger charge is -2.07. The number of thioether (sulfide) groups is 1. The van der Waals surface area contributed by atoms with Crippen LogP contribution in [0.3, 0.4) is 0 Å². The number of nitrogens with zero attached hydrogens (tertiary/aromatic N) is 1. The summed E-state index contributed by atoms with van der Waals surface area (Å²) in [6, 6.07) is 15.3. The molecule has 0 aliphatic heterocycles. The first-order chi connectivity index (χ1) is 13.8. The first-order valence-electron chi connectivity index (χ1n) is 8.78. The van der Waals surface area contributed by atoms with E-state index >= 15 is 0 Å². The fourth-order valence-electron chi connectivity index (χ4n) is 2.43. The summed E-state index contributed by atoms with van der Waals surface area (Å²) < 4.78 is 11.2. The van der Waals surface area contributed by atoms with Gasteiger partial charge in [-0.15, -0.1) is 6.58 Å². The van der Waals surface area contributed by atoms with Crippen molar-refractivity contribution in [3.63, 3.8) is 0 Å². The van der Waals surface area contributed by atoms with Crippen molar-refractivity contribution in [3.8, 4) is 17.6 Å². The Labute approximate surface area is 168 Å². The molecule has 6 heteroatoms. The minimum atomic E-state index is -0.126. The Morgan fingerprint density at radius 1 is 1.21 bits per heavy atom. The van der Waals surface area contributed by atoms with Gasteiger partial charge in [-0.1, -0.05) is 60.0 Å². The maximum atomic E-state index is 11.9. The number of rotatable bonds is 8. The van der Waals surface area contributed by atoms with E-state index in [1.54, 1.807) is 0 Å². The number of oxazole rings is 1. The standard InChI is InChI=1S/C22H20N2O3S/c1-2-9-17-10-3-5-12-19(17)26-15-8-7-14-23-21(25)16-28-22-24-18-11-4-6-13-20(18)27-22/h2-6,10-13H,1,9,14-16H2,(H,23,25). The number of allylic oxidation sites excluding steroid dienone is 1. The number of amides is 1. The highest BCUT2D eigenvalue weighted by Gasteiger charge is 2.08. The Morgan fingerprint density at radius 3 is 2.89 bits per heavy atom. The Balaban J connectivity index is 1.37. The third kappa shape index (κ3) is 5.66. The zero-order chi connectivity index (χ0) is 19.6. The van der Waals surface area contributed by atoms with Crippen LogP contribution in [-0.4, -0.2) is 29.8 Å². The van der Waals surface area contributed by atoms with Crippen LogP contribution in [0.4, 0.5) is 0 Å². The molecule has 0 unspecified atom stereocenters. The molecule has 3 rings (SSSR count). The monoisotopic (exact) mass is 392 g/mol. The first-order valence-corrected chi connectivity index (χ1v) is 9.77. The number of hydrogen-bond acceptors (Lipinski definition) is 5. The van der Waals surface area contributed by atoms with Gasteiger partial charge in [0.15, 0.2) is 5.58 Å². The van der Waals surface area contributed by atoms with Crippen molar-refractivity contribution in [1.82, 2.24) is 10.3 Å². The van der Waals surface area contributed by atoms with Crippen LogP contribution in [0.2, 0.25) is 0 Å². The predicted molar refractivity (Wildman–Crippen MR) is 111 cm³/mol. The summed E-state index contributed by atoms with van der Waals surface area (Å²) in [5, 5.41) is 3.23. The highest BCUT2D eigenvalue weighted by molar-refractivity contribution is 7.99. The van der Waals surface area contributed by atoms with Crippen LogP contribution in [0.5, 0.6) is 5.75 Å². The van der Waals surface area contributed by atoms with E-state index in [1.807, 2.05) is 54.6 Å². The van der Waals surface area contributed by atoms with Crippen molar-refractivity contribution in [2.75, 3.05) is 18.9 Å². The van der Waals surface area contributed by atoms with Gasteiger partial charge in [-0.25, -0.2) is 4.98 Å². The number of fused-ring (bicyclic) bond motifs is 1. The van der Waals surface area contributed by atoms with Gasteiger partial charge in [0.2, 0.25) is 5.91 Å². The number of benzene rings is 2. The minimum absolute atomic E-state index is 0.126. The smallest absolute Gasteiger partial charge is 0.257 e. The molecule has 0 saturated carbocycles. The molecule has 0 radical (unpaired) electrons. The highest BCUT2D eigenvalue weighted by Crippen LogP contribution is 2.22. The molecular formula is C22H20N2O3S. The van der Waals surface area contributed by atoms with E-state index in [-0.39, 0.29) is 24.8 Å². The zero-order valence-electron chi connectivity index (χ0n) is 15.3. The summed E-state index contributed by atoms with van der Waals surface area (Å²) in [6.45, 7) is 4.28. The van der Waals surface area contributed by atoms with Crippen LogP contribution >= 0.6 is 11.8 Å². The van der Waals surface area contributed by atoms with Gasteiger partial charge < -0.3 is 14.5 Å². The van der Waals surface area contributed by atoms with Gasteiger partial charge in [0.05, 0.1) is 12.3 Å². The van der Waals surface area contributed by atoms with Crippen molar-refractivity contribution in [2.24, 2.45) is 0 Å². The molecule has 2 aromatic carbocycles. The second-order valence-corrected chi connectivity index (χ2v) is 6.68. The lowest BCUT2D eigenvalue weighted by atomic mass is 10.1. The Hall–Kier alpha value is -3.17. The number of nitrogens with one attached hydrogen (secondary N) is 1. The molecular weight excluding hydrogens is 372 g/mol. The average Bonchev–Trinajstić information content (AvgIpc) is 3.13. The van der Waals surface area contributed by atoms with Crippen molar-refractivity contribution in [2.45, 2.75) is 11.6 Å². The Morgan fingerprint density at radius 2 is 2.04 bits per heavy atom. The van der Waals surface area contributed by atoms with Gasteiger partial charge in [-0.2, -0.15) is 0 Å². The second kappa shape index (κ2) is 10.2. The lowest BCUT2D eigenvalue weighted by molar-refractivity contribution is -0.118. The molecule has 0 bridgehead atoms. The topological polar surface area (TPSA) is 64.4 Å². The largest absolute Gasteiger partial charge is 0.481 e. The molecule has 5 nitrogen and oxygen atoms in total. The number of carbonyl (C=O) groups is 1. The molecule has 0 saturated heterocycles. The van der Waals surface area contributed by atoms with Gasteiger partial charge >= 0.3 is 0 Å². The molecule has 3 aromatic rings. The van der Waals surface area contributed by atoms with Crippen molar-refractivity contribution in [3.05, 3.63) is 66.7 Å². The summed E-state index contributed by atoms with van der Waals surface area (Å²) in [7, 11) is 0. The van der Waals surface area contributed by atoms with E-state index in [0.717, 1.165) is 23.3 Å². The minimum Gasteiger partial charge on any atom is -0.481 e. The van der Waals surface area contributed by atoms with Gasteiger partial charge in [-0.05, 0) is 30.2 Å². The number of para-hydroxylation sites is 3. The van der Waals surface area contributed by atoms with Crippen molar-refractivity contribution >= 4 is 28.8 Å². The van der Waals surface area contributed by atoms with Crippen molar-refractivity contribution < 1.29 is 13.9 Å². The number of aromatic nitrogens is 1. The van der Waals surface area contributed by atoms with Gasteiger partial charge in [0.25, 0.3) is 5.22 Å². The average molecular weight is 392 g/mol. The molecule has 28 heavy (non-hydrogen) atoms. The number of ether oxygens (including phenoxy) is 1. The summed E-state index contributed by atoms with van der Waals surface area (Å²) >= 11 is 1.26. The van der Waals surface area contributed by atoms with Gasteiger partial charge in [0, 0.05) is 0 Å². The predicted octanol–water partition coefficient (Wildman–Crippen LogP) is 3.85. The van der Waals surface area contributed by atoms with E-state index < -0.39 is 0 Å². The van der Waals surface area contributed by atoms with Gasteiger partial charge in [-0.3, -0.25) is 4.79 Å². The van der Waals surface area contributed by atoms with Crippen LogP contribution in [0.25, 0.3) is 11.1 Å². The first kappa shape index (κ1) is 19.6. The summed E-state index contributed by atoms with van der Waals surface area (Å²) in [4.78, 5) is 16.2. The second-order valence-electron chi connectivity index (χ2n) is 5.76. The Kier molecular flexibility index (Phi) is 7.16. The molecule has 1 heterocycles. The fraction of sp³-hybridized carbons (Fsp3) is 0.182. The molecule has 1 N–H and O–H groups in total. The zero-order valence-corrected chi connectivity index (χ0v) is 16.1. The van der Waals surface area contributed by atoms with Crippen LogP contribution in [0.15, 0.2) is 70.8 Å². The third-order valence-electron chi connectivity index (χ3n) is 3.74. The summed E-state index contributed by atoms with van der Waals surface area (Å²) in [5.74, 6) is 6.68. The Bertz CT molecular complexity index is 984. The van der Waals surface area contributed by atoms with E-state index in [0.29, 0.717) is 10.8 Å². The molecule has 0 aliphatic rings. The van der Waals surface area contributed by atoms with Crippen LogP contribution in [0.1, 0.15) is 5.56 Å². The van der Waals surface area contributed by atoms with E-state index in [4.69, 9.17) is 9.15 Å². The number of carbonyl (C=O) groups excluding carboxylic acids is 1. The van der Waals surface area contributed by atoms with E-state index in [9.17, 15) is 4.79 Å². The molecule has 0 spiro atoms. The maximum Gasteiger partial charge on any atom is 0.257 e. The third-order valence-corrected chi connectivity index (χ3v) is 4.56. The van der Waals surface area contributed by atoms with E-state index in [1.165, 1.54) is 11.8 Å². The van der Waals surface area contributed by atoms with E-state index in [2.05, 4.69) is 28.7 Å². The fourth-order valence-corrected chi connectivity index (χ4v) is 3.10. The summed E-state index contributed by atoms with van der Waals surface area (Å²) in [6.07, 6.45) is 2.58. The van der Waals surface area contributed by atoms with Gasteiger partial charge in [0.1, 0.15) is 17.9 Å². The van der Waals surface area contributed by atoms with Crippen LogP contribution in [-0.2, 0) is 11.2 Å². The normalized spacial score (nSPS) is 10.1. The van der Waals surface area contributed by atoms with Crippen molar-refractivity contribution in [1.29, 1.82) is 0 Å². The SMILES string of the molecule is C=CCc1ccccc1OCC#CCNC(=O)CSc1nc2ccccc2o1. The molecule has 1 amide bonds. The molecule has 1 aromatic heterocycles. The highest BCUT2D eigenvalue weighted by atomic mass is 32.2. The quantitative estimate of drug-likeness (QED) is 0.358. The van der Waals surface area contributed by atoms with Crippen LogP contribution in [0, 0.1) is 11.8 Å². The molecule has 0 aliphatic carbocycles. The number of hydrogen-bond donors (Lipinski definition) is 1.